The molecule has 0 fully saturated rings. The van der Waals surface area contributed by atoms with Gasteiger partial charge >= 0.3 is 0 Å². The van der Waals surface area contributed by atoms with Crippen LogP contribution in [0.1, 0.15) is 11.6 Å². The first-order chi connectivity index (χ1) is 5.63. The van der Waals surface area contributed by atoms with E-state index in [1.165, 1.54) is 12.3 Å². The number of hydrogen-bond donors (Lipinski definition) is 1. The van der Waals surface area contributed by atoms with Crippen LogP contribution in [0.4, 0.5) is 8.78 Å². The Hall–Kier alpha value is -0.260. The number of hydrogen-bond acceptors (Lipinski definition) is 2. The van der Waals surface area contributed by atoms with Crippen molar-refractivity contribution in [3.63, 3.8) is 0 Å². The number of aromatic nitrogens is 1. The lowest BCUT2D eigenvalue weighted by Crippen LogP contribution is -2.19. The molecule has 6 heteroatoms. The normalized spacial score (nSPS) is 12.4. The van der Waals surface area contributed by atoms with E-state index in [1.807, 2.05) is 0 Å². The van der Waals surface area contributed by atoms with Gasteiger partial charge in [-0.2, -0.15) is 0 Å². The van der Waals surface area contributed by atoms with Gasteiger partial charge in [0, 0.05) is 11.8 Å². The van der Waals surface area contributed by atoms with Gasteiger partial charge < -0.3 is 5.73 Å². The molecule has 1 heterocycles. The minimum atomic E-state index is -2.56. The molecule has 2 nitrogen and oxygen atoms in total. The molecular formula is C7H8BrClF2N2. The van der Waals surface area contributed by atoms with Gasteiger partial charge in [-0.05, 0) is 22.0 Å². The van der Waals surface area contributed by atoms with Crippen molar-refractivity contribution in [1.82, 2.24) is 4.98 Å². The molecule has 1 aromatic rings. The summed E-state index contributed by atoms with van der Waals surface area (Å²) in [7, 11) is 0. The van der Waals surface area contributed by atoms with E-state index in [0.717, 1.165) is 0 Å². The van der Waals surface area contributed by atoms with Gasteiger partial charge in [0.1, 0.15) is 4.60 Å². The van der Waals surface area contributed by atoms with Gasteiger partial charge in [0.2, 0.25) is 0 Å². The third-order valence-corrected chi connectivity index (χ3v) is 2.08. The monoisotopic (exact) mass is 272 g/mol. The Balaban J connectivity index is 0.00000144. The van der Waals surface area contributed by atoms with Gasteiger partial charge in [0.25, 0.3) is 6.43 Å². The molecule has 0 unspecified atom stereocenters. The molecule has 0 saturated heterocycles. The largest absolute Gasteiger partial charge is 0.319 e. The second-order valence-electron chi connectivity index (χ2n) is 2.24. The predicted octanol–water partition coefficient (Wildman–Crippen LogP) is 2.53. The van der Waals surface area contributed by atoms with Gasteiger partial charge in [-0.25, -0.2) is 13.8 Å². The summed E-state index contributed by atoms with van der Waals surface area (Å²) in [6.07, 6.45) is -1.06. The van der Waals surface area contributed by atoms with Gasteiger partial charge in [0.05, 0.1) is 6.04 Å². The molecule has 2 N–H and O–H groups in total. The highest BCUT2D eigenvalue weighted by atomic mass is 79.9. The standard InChI is InChI=1S/C7H7BrF2N2.ClH/c8-6-4(2-1-3-12-6)5(11)7(9)10;/h1-3,5,7H,11H2;1H/t5-;/m1./s1. The zero-order valence-electron chi connectivity index (χ0n) is 6.45. The third-order valence-electron chi connectivity index (χ3n) is 1.42. The number of alkyl halides is 2. The highest BCUT2D eigenvalue weighted by Crippen LogP contribution is 2.23. The van der Waals surface area contributed by atoms with Crippen molar-refractivity contribution in [2.24, 2.45) is 5.73 Å². The summed E-state index contributed by atoms with van der Waals surface area (Å²) in [4.78, 5) is 3.79. The summed E-state index contributed by atoms with van der Waals surface area (Å²) in [5.41, 5.74) is 5.55. The second-order valence-corrected chi connectivity index (χ2v) is 2.99. The van der Waals surface area contributed by atoms with Crippen LogP contribution in [-0.2, 0) is 0 Å². The molecule has 1 aromatic heterocycles. The third kappa shape index (κ3) is 3.17. The lowest BCUT2D eigenvalue weighted by Gasteiger charge is -2.10. The highest BCUT2D eigenvalue weighted by Gasteiger charge is 2.19. The van der Waals surface area contributed by atoms with Crippen LogP contribution >= 0.6 is 28.3 Å². The Bertz CT molecular complexity index is 272. The Morgan fingerprint density at radius 2 is 2.08 bits per heavy atom. The van der Waals surface area contributed by atoms with Crippen molar-refractivity contribution >= 4 is 28.3 Å². The maximum Gasteiger partial charge on any atom is 0.257 e. The molecule has 1 atom stereocenters. The Morgan fingerprint density at radius 1 is 1.46 bits per heavy atom. The molecule has 0 amide bonds. The van der Waals surface area contributed by atoms with E-state index >= 15 is 0 Å². The predicted molar refractivity (Wildman–Crippen MR) is 52.1 cm³/mol. The smallest absolute Gasteiger partial charge is 0.257 e. The highest BCUT2D eigenvalue weighted by molar-refractivity contribution is 9.10. The Labute approximate surface area is 89.1 Å². The summed E-state index contributed by atoms with van der Waals surface area (Å²) in [6, 6.07) is 1.82. The van der Waals surface area contributed by atoms with Gasteiger partial charge in [-0.15, -0.1) is 12.4 Å². The molecule has 74 valence electrons. The quantitative estimate of drug-likeness (QED) is 0.841. The van der Waals surface area contributed by atoms with Crippen molar-refractivity contribution in [2.45, 2.75) is 12.5 Å². The minimum Gasteiger partial charge on any atom is -0.319 e. The molecule has 13 heavy (non-hydrogen) atoms. The van der Waals surface area contributed by atoms with Crippen LogP contribution in [0, 0.1) is 0 Å². The number of nitrogens with zero attached hydrogens (tertiary/aromatic N) is 1. The first-order valence-electron chi connectivity index (χ1n) is 3.27. The topological polar surface area (TPSA) is 38.9 Å². The molecule has 0 aliphatic carbocycles. The maximum atomic E-state index is 12.1. The molecule has 0 saturated carbocycles. The molecule has 0 bridgehead atoms. The first-order valence-corrected chi connectivity index (χ1v) is 4.06. The van der Waals surface area contributed by atoms with Crippen LogP contribution < -0.4 is 5.73 Å². The van der Waals surface area contributed by atoms with E-state index < -0.39 is 12.5 Å². The Morgan fingerprint density at radius 3 is 2.54 bits per heavy atom. The number of pyridine rings is 1. The number of rotatable bonds is 2. The molecule has 0 aliphatic rings. The zero-order chi connectivity index (χ0) is 9.14. The van der Waals surface area contributed by atoms with Crippen molar-refractivity contribution in [3.8, 4) is 0 Å². The SMILES string of the molecule is Cl.N[C@H](c1cccnc1Br)C(F)F. The van der Waals surface area contributed by atoms with Gasteiger partial charge in [0.15, 0.2) is 0 Å². The summed E-state index contributed by atoms with van der Waals surface area (Å²) in [6.45, 7) is 0. The van der Waals surface area contributed by atoms with Crippen LogP contribution in [0.15, 0.2) is 22.9 Å². The van der Waals surface area contributed by atoms with E-state index in [4.69, 9.17) is 5.73 Å². The van der Waals surface area contributed by atoms with Crippen LogP contribution in [-0.4, -0.2) is 11.4 Å². The van der Waals surface area contributed by atoms with E-state index in [1.54, 1.807) is 6.07 Å². The lowest BCUT2D eigenvalue weighted by atomic mass is 10.1. The maximum absolute atomic E-state index is 12.1. The Kier molecular flexibility index (Phi) is 5.36. The fourth-order valence-electron chi connectivity index (χ4n) is 0.783. The van der Waals surface area contributed by atoms with Crippen molar-refractivity contribution in [2.75, 3.05) is 0 Å². The first kappa shape index (κ1) is 12.7. The number of nitrogens with two attached hydrogens (primary N) is 1. The van der Waals surface area contributed by atoms with E-state index in [0.29, 0.717) is 10.2 Å². The van der Waals surface area contributed by atoms with Crippen LogP contribution in [0.2, 0.25) is 0 Å². The van der Waals surface area contributed by atoms with Crippen LogP contribution in [0.5, 0.6) is 0 Å². The summed E-state index contributed by atoms with van der Waals surface area (Å²) in [5.74, 6) is 0. The molecule has 1 rings (SSSR count). The molecule has 0 aromatic carbocycles. The van der Waals surface area contributed by atoms with Crippen LogP contribution in [0.25, 0.3) is 0 Å². The molecule has 0 aliphatic heterocycles. The van der Waals surface area contributed by atoms with Gasteiger partial charge in [-0.1, -0.05) is 6.07 Å². The average Bonchev–Trinajstić information content (AvgIpc) is 2.04. The number of halogens is 4. The van der Waals surface area contributed by atoms with E-state index in [-0.39, 0.29) is 12.4 Å². The lowest BCUT2D eigenvalue weighted by molar-refractivity contribution is 0.116. The zero-order valence-corrected chi connectivity index (χ0v) is 8.86. The average molecular weight is 274 g/mol. The summed E-state index contributed by atoms with van der Waals surface area (Å²) >= 11 is 3.04. The minimum absolute atomic E-state index is 0. The fourth-order valence-corrected chi connectivity index (χ4v) is 1.30. The van der Waals surface area contributed by atoms with Crippen molar-refractivity contribution in [1.29, 1.82) is 0 Å². The summed E-state index contributed by atoms with van der Waals surface area (Å²) < 4.78 is 24.6. The van der Waals surface area contributed by atoms with Crippen molar-refractivity contribution in [3.05, 3.63) is 28.5 Å². The molecular weight excluding hydrogens is 265 g/mol. The summed E-state index contributed by atoms with van der Waals surface area (Å²) in [5, 5.41) is 0. The van der Waals surface area contributed by atoms with E-state index in [9.17, 15) is 8.78 Å². The second kappa shape index (κ2) is 5.47. The van der Waals surface area contributed by atoms with Crippen molar-refractivity contribution < 1.29 is 8.78 Å². The van der Waals surface area contributed by atoms with E-state index in [2.05, 4.69) is 20.9 Å². The molecule has 0 radical (unpaired) electrons. The molecule has 0 spiro atoms. The fraction of sp³-hybridized carbons (Fsp3) is 0.286. The van der Waals surface area contributed by atoms with Crippen LogP contribution in [0.3, 0.4) is 0 Å². The van der Waals surface area contributed by atoms with Gasteiger partial charge in [-0.3, -0.25) is 0 Å².